The van der Waals surface area contributed by atoms with E-state index in [4.69, 9.17) is 9.73 Å². The summed E-state index contributed by atoms with van der Waals surface area (Å²) in [4.78, 5) is 22.1. The Kier molecular flexibility index (Phi) is 5.39. The van der Waals surface area contributed by atoms with Crippen molar-refractivity contribution in [3.8, 4) is 11.5 Å². The standard InChI is InChI=1S/C27H27N3O2/c1-19-9-11-24-22(16-19)27(28-23-10-8-20(2)17-25(23)32-24)30-14-12-29(13-15-30)26(31)18-21-6-4-3-5-7-21/h3-11,16-17H,12-15,18H2,1-2H3. The molecule has 0 aliphatic carbocycles. The maximum absolute atomic E-state index is 12.8. The van der Waals surface area contributed by atoms with Crippen LogP contribution in [-0.2, 0) is 11.2 Å². The number of nitrogens with zero attached hydrogens (tertiary/aromatic N) is 3. The summed E-state index contributed by atoms with van der Waals surface area (Å²) in [5, 5.41) is 0. The molecule has 0 saturated carbocycles. The molecule has 0 bridgehead atoms. The van der Waals surface area contributed by atoms with E-state index in [9.17, 15) is 4.79 Å². The Morgan fingerprint density at radius 2 is 1.59 bits per heavy atom. The van der Waals surface area contributed by atoms with Gasteiger partial charge in [0.25, 0.3) is 0 Å². The zero-order valence-electron chi connectivity index (χ0n) is 18.5. The van der Waals surface area contributed by atoms with Crippen molar-refractivity contribution >= 4 is 17.4 Å². The first-order valence-electron chi connectivity index (χ1n) is 11.1. The fourth-order valence-electron chi connectivity index (χ4n) is 4.29. The highest BCUT2D eigenvalue weighted by Gasteiger charge is 2.27. The van der Waals surface area contributed by atoms with Gasteiger partial charge in [-0.2, -0.15) is 0 Å². The van der Waals surface area contributed by atoms with Gasteiger partial charge in [0.15, 0.2) is 5.75 Å². The van der Waals surface area contributed by atoms with Crippen molar-refractivity contribution in [2.24, 2.45) is 4.99 Å². The first kappa shape index (κ1) is 20.3. The lowest BCUT2D eigenvalue weighted by Gasteiger charge is -2.36. The minimum Gasteiger partial charge on any atom is -0.454 e. The summed E-state index contributed by atoms with van der Waals surface area (Å²) in [6.07, 6.45) is 0.449. The number of hydrogen-bond acceptors (Lipinski definition) is 4. The zero-order chi connectivity index (χ0) is 22.1. The van der Waals surface area contributed by atoms with Crippen molar-refractivity contribution in [3.05, 3.63) is 89.0 Å². The highest BCUT2D eigenvalue weighted by atomic mass is 16.5. The second-order valence-corrected chi connectivity index (χ2v) is 8.54. The average Bonchev–Trinajstić information content (AvgIpc) is 2.96. The van der Waals surface area contributed by atoms with Gasteiger partial charge in [-0.3, -0.25) is 4.79 Å². The minimum absolute atomic E-state index is 0.180. The van der Waals surface area contributed by atoms with Crippen molar-refractivity contribution < 1.29 is 9.53 Å². The minimum atomic E-state index is 0.180. The Morgan fingerprint density at radius 3 is 2.38 bits per heavy atom. The van der Waals surface area contributed by atoms with Crippen LogP contribution in [0.3, 0.4) is 0 Å². The molecule has 5 nitrogen and oxygen atoms in total. The SMILES string of the molecule is Cc1ccc2c(c1)Oc1ccc(C)cc1C(N1CCN(C(=O)Cc3ccccc3)CC1)=N2. The first-order valence-corrected chi connectivity index (χ1v) is 11.1. The molecule has 1 fully saturated rings. The van der Waals surface area contributed by atoms with Gasteiger partial charge in [-0.15, -0.1) is 0 Å². The van der Waals surface area contributed by atoms with Crippen LogP contribution in [0.2, 0.25) is 0 Å². The molecule has 0 radical (unpaired) electrons. The van der Waals surface area contributed by atoms with Crippen molar-refractivity contribution in [1.29, 1.82) is 0 Å². The van der Waals surface area contributed by atoms with Gasteiger partial charge in [0.05, 0.1) is 12.0 Å². The lowest BCUT2D eigenvalue weighted by atomic mass is 10.1. The highest BCUT2D eigenvalue weighted by Crippen LogP contribution is 2.39. The van der Waals surface area contributed by atoms with E-state index in [-0.39, 0.29) is 5.91 Å². The molecule has 0 aromatic heterocycles. The summed E-state index contributed by atoms with van der Waals surface area (Å²) in [6, 6.07) is 22.3. The van der Waals surface area contributed by atoms with Crippen molar-refractivity contribution in [2.45, 2.75) is 20.3 Å². The van der Waals surface area contributed by atoms with Crippen LogP contribution < -0.4 is 4.74 Å². The average molecular weight is 426 g/mol. The number of ether oxygens (including phenoxy) is 1. The maximum atomic E-state index is 12.8. The predicted octanol–water partition coefficient (Wildman–Crippen LogP) is 4.87. The number of piperazine rings is 1. The predicted molar refractivity (Wildman–Crippen MR) is 127 cm³/mol. The Bertz CT molecular complexity index is 1180. The third kappa shape index (κ3) is 4.11. The lowest BCUT2D eigenvalue weighted by Crippen LogP contribution is -2.51. The normalized spacial score (nSPS) is 15.2. The number of benzene rings is 3. The lowest BCUT2D eigenvalue weighted by molar-refractivity contribution is -0.131. The molecule has 2 heterocycles. The van der Waals surface area contributed by atoms with E-state index in [1.165, 1.54) is 5.56 Å². The topological polar surface area (TPSA) is 45.1 Å². The Labute approximate surface area is 189 Å². The van der Waals surface area contributed by atoms with Crippen LogP contribution in [0.1, 0.15) is 22.3 Å². The van der Waals surface area contributed by atoms with Crippen molar-refractivity contribution in [2.75, 3.05) is 26.2 Å². The number of aryl methyl sites for hydroxylation is 2. The van der Waals surface area contributed by atoms with Gasteiger partial charge < -0.3 is 14.5 Å². The monoisotopic (exact) mass is 425 g/mol. The van der Waals surface area contributed by atoms with E-state index in [1.807, 2.05) is 53.4 Å². The van der Waals surface area contributed by atoms with E-state index in [0.29, 0.717) is 19.5 Å². The van der Waals surface area contributed by atoms with E-state index < -0.39 is 0 Å². The Balaban J connectivity index is 1.39. The smallest absolute Gasteiger partial charge is 0.227 e. The molecule has 3 aromatic rings. The molecular formula is C27H27N3O2. The summed E-state index contributed by atoms with van der Waals surface area (Å²) in [6.45, 7) is 7.00. The van der Waals surface area contributed by atoms with Crippen LogP contribution in [0.4, 0.5) is 5.69 Å². The highest BCUT2D eigenvalue weighted by molar-refractivity contribution is 6.04. The van der Waals surface area contributed by atoms with Gasteiger partial charge >= 0.3 is 0 Å². The van der Waals surface area contributed by atoms with Gasteiger partial charge in [0, 0.05) is 26.2 Å². The third-order valence-corrected chi connectivity index (χ3v) is 6.07. The molecule has 0 spiro atoms. The number of aliphatic imine (C=N–C) groups is 1. The zero-order valence-corrected chi connectivity index (χ0v) is 18.5. The largest absolute Gasteiger partial charge is 0.454 e. The fraction of sp³-hybridized carbons (Fsp3) is 0.259. The third-order valence-electron chi connectivity index (χ3n) is 6.07. The molecule has 0 N–H and O–H groups in total. The molecule has 5 rings (SSSR count). The van der Waals surface area contributed by atoms with Crippen LogP contribution in [0.25, 0.3) is 0 Å². The summed E-state index contributed by atoms with van der Waals surface area (Å²) in [5.74, 6) is 2.70. The number of carbonyl (C=O) groups is 1. The van der Waals surface area contributed by atoms with Crippen LogP contribution in [0, 0.1) is 13.8 Å². The molecule has 2 aliphatic heterocycles. The number of fused-ring (bicyclic) bond motifs is 2. The molecule has 32 heavy (non-hydrogen) atoms. The number of hydrogen-bond donors (Lipinski definition) is 0. The maximum Gasteiger partial charge on any atom is 0.227 e. The Hall–Kier alpha value is -3.60. The van der Waals surface area contributed by atoms with E-state index in [2.05, 4.69) is 36.9 Å². The number of amidine groups is 1. The molecule has 0 unspecified atom stereocenters. The molecule has 1 amide bonds. The second kappa shape index (κ2) is 8.50. The summed E-state index contributed by atoms with van der Waals surface area (Å²) >= 11 is 0. The number of amides is 1. The van der Waals surface area contributed by atoms with Crippen molar-refractivity contribution in [3.63, 3.8) is 0 Å². The molecule has 5 heteroatoms. The van der Waals surface area contributed by atoms with Gasteiger partial charge in [0.2, 0.25) is 5.91 Å². The number of carbonyl (C=O) groups excluding carboxylic acids is 1. The van der Waals surface area contributed by atoms with Gasteiger partial charge in [-0.1, -0.05) is 48.0 Å². The summed E-state index contributed by atoms with van der Waals surface area (Å²) < 4.78 is 6.28. The molecule has 1 saturated heterocycles. The van der Waals surface area contributed by atoms with Crippen LogP contribution >= 0.6 is 0 Å². The fourth-order valence-corrected chi connectivity index (χ4v) is 4.29. The van der Waals surface area contributed by atoms with E-state index in [1.54, 1.807) is 0 Å². The van der Waals surface area contributed by atoms with E-state index in [0.717, 1.165) is 52.8 Å². The quantitative estimate of drug-likeness (QED) is 0.588. The van der Waals surface area contributed by atoms with Crippen molar-refractivity contribution in [1.82, 2.24) is 9.80 Å². The Morgan fingerprint density at radius 1 is 0.875 bits per heavy atom. The molecular weight excluding hydrogens is 398 g/mol. The van der Waals surface area contributed by atoms with Gasteiger partial charge in [0.1, 0.15) is 17.3 Å². The first-order chi connectivity index (χ1) is 15.6. The summed E-state index contributed by atoms with van der Waals surface area (Å²) in [7, 11) is 0. The summed E-state index contributed by atoms with van der Waals surface area (Å²) in [5.41, 5.74) is 5.20. The number of rotatable bonds is 2. The van der Waals surface area contributed by atoms with Crippen LogP contribution in [-0.4, -0.2) is 47.7 Å². The second-order valence-electron chi connectivity index (χ2n) is 8.54. The molecule has 3 aromatic carbocycles. The van der Waals surface area contributed by atoms with Gasteiger partial charge in [-0.25, -0.2) is 4.99 Å². The van der Waals surface area contributed by atoms with E-state index >= 15 is 0 Å². The molecule has 0 atom stereocenters. The van der Waals surface area contributed by atoms with Gasteiger partial charge in [-0.05, 0) is 49.2 Å². The molecule has 162 valence electrons. The molecule has 2 aliphatic rings. The van der Waals surface area contributed by atoms with Crippen LogP contribution in [0.15, 0.2) is 71.7 Å². The van der Waals surface area contributed by atoms with Crippen LogP contribution in [0.5, 0.6) is 11.5 Å².